The van der Waals surface area contributed by atoms with Gasteiger partial charge in [0, 0.05) is 0 Å². The molecule has 3 heteroatoms. The summed E-state index contributed by atoms with van der Waals surface area (Å²) in [5.41, 5.74) is 6.61. The molecule has 1 aromatic heterocycles. The molecule has 0 amide bonds. The number of furan rings is 1. The first kappa shape index (κ1) is 10.8. The van der Waals surface area contributed by atoms with Crippen molar-refractivity contribution in [2.45, 2.75) is 20.1 Å². The molecule has 0 fully saturated rings. The van der Waals surface area contributed by atoms with Gasteiger partial charge in [0.1, 0.15) is 23.9 Å². The van der Waals surface area contributed by atoms with E-state index in [1.165, 1.54) is 0 Å². The Balaban J connectivity index is 2.00. The van der Waals surface area contributed by atoms with Crippen molar-refractivity contribution in [1.29, 1.82) is 0 Å². The Kier molecular flexibility index (Phi) is 3.27. The van der Waals surface area contributed by atoms with E-state index >= 15 is 0 Å². The summed E-state index contributed by atoms with van der Waals surface area (Å²) in [5.74, 6) is 2.47. The lowest BCUT2D eigenvalue weighted by atomic mass is 10.3. The van der Waals surface area contributed by atoms with Gasteiger partial charge in [-0.3, -0.25) is 0 Å². The van der Waals surface area contributed by atoms with E-state index < -0.39 is 0 Å². The highest BCUT2D eigenvalue weighted by Gasteiger charge is 2.06. The van der Waals surface area contributed by atoms with Crippen molar-refractivity contribution in [1.82, 2.24) is 0 Å². The van der Waals surface area contributed by atoms with Crippen LogP contribution in [0.5, 0.6) is 5.75 Å². The minimum absolute atomic E-state index is 0.428. The zero-order chi connectivity index (χ0) is 11.4. The van der Waals surface area contributed by atoms with Crippen molar-refractivity contribution < 1.29 is 9.15 Å². The van der Waals surface area contributed by atoms with Crippen LogP contribution in [0.3, 0.4) is 0 Å². The molecule has 2 rings (SSSR count). The minimum atomic E-state index is 0.428. The number of benzene rings is 1. The van der Waals surface area contributed by atoms with Gasteiger partial charge in [-0.15, -0.1) is 0 Å². The maximum Gasteiger partial charge on any atom is 0.146 e. The number of nitrogens with two attached hydrogens (primary N) is 1. The van der Waals surface area contributed by atoms with E-state index in [0.717, 1.165) is 22.8 Å². The second kappa shape index (κ2) is 4.86. The maximum atomic E-state index is 5.57. The van der Waals surface area contributed by atoms with Crippen LogP contribution in [0.1, 0.15) is 17.1 Å². The van der Waals surface area contributed by atoms with E-state index in [1.807, 2.05) is 43.3 Å². The van der Waals surface area contributed by atoms with Crippen LogP contribution in [0.15, 0.2) is 40.8 Å². The molecule has 0 aliphatic rings. The fourth-order valence-electron chi connectivity index (χ4n) is 1.54. The Labute approximate surface area is 94.8 Å². The molecule has 0 saturated carbocycles. The van der Waals surface area contributed by atoms with Crippen molar-refractivity contribution in [2.24, 2.45) is 5.73 Å². The number of aryl methyl sites for hydroxylation is 1. The monoisotopic (exact) mass is 217 g/mol. The van der Waals surface area contributed by atoms with Gasteiger partial charge < -0.3 is 14.9 Å². The van der Waals surface area contributed by atoms with Crippen LogP contribution in [0.2, 0.25) is 0 Å². The molecule has 0 bridgehead atoms. The second-order valence-corrected chi connectivity index (χ2v) is 3.62. The summed E-state index contributed by atoms with van der Waals surface area (Å²) < 4.78 is 11.1. The van der Waals surface area contributed by atoms with Crippen LogP contribution in [0.4, 0.5) is 0 Å². The summed E-state index contributed by atoms with van der Waals surface area (Å²) in [4.78, 5) is 0. The van der Waals surface area contributed by atoms with Crippen molar-refractivity contribution in [3.8, 4) is 5.75 Å². The Morgan fingerprint density at radius 1 is 1.25 bits per heavy atom. The van der Waals surface area contributed by atoms with Crippen molar-refractivity contribution in [3.63, 3.8) is 0 Å². The molecule has 0 saturated heterocycles. The zero-order valence-electron chi connectivity index (χ0n) is 9.27. The van der Waals surface area contributed by atoms with Gasteiger partial charge in [-0.1, -0.05) is 18.2 Å². The summed E-state index contributed by atoms with van der Waals surface area (Å²) in [7, 11) is 0. The third-order valence-corrected chi connectivity index (χ3v) is 2.38. The van der Waals surface area contributed by atoms with Crippen LogP contribution in [0.25, 0.3) is 0 Å². The number of hydrogen-bond acceptors (Lipinski definition) is 3. The van der Waals surface area contributed by atoms with E-state index in [1.54, 1.807) is 0 Å². The molecule has 84 valence electrons. The minimum Gasteiger partial charge on any atom is -0.486 e. The smallest absolute Gasteiger partial charge is 0.146 e. The molecular weight excluding hydrogens is 202 g/mol. The Hall–Kier alpha value is -1.74. The lowest BCUT2D eigenvalue weighted by molar-refractivity contribution is 0.266. The fraction of sp³-hybridized carbons (Fsp3) is 0.231. The van der Waals surface area contributed by atoms with Crippen molar-refractivity contribution >= 4 is 0 Å². The Morgan fingerprint density at radius 2 is 2.00 bits per heavy atom. The van der Waals surface area contributed by atoms with Gasteiger partial charge in [0.25, 0.3) is 0 Å². The topological polar surface area (TPSA) is 48.4 Å². The quantitative estimate of drug-likeness (QED) is 0.856. The van der Waals surface area contributed by atoms with Gasteiger partial charge in [-0.25, -0.2) is 0 Å². The van der Waals surface area contributed by atoms with Crippen LogP contribution in [-0.2, 0) is 13.2 Å². The average molecular weight is 217 g/mol. The number of ether oxygens (including phenoxy) is 1. The molecule has 2 N–H and O–H groups in total. The summed E-state index contributed by atoms with van der Waals surface area (Å²) >= 11 is 0. The lowest BCUT2D eigenvalue weighted by Crippen LogP contribution is -1.96. The Morgan fingerprint density at radius 3 is 2.62 bits per heavy atom. The van der Waals surface area contributed by atoms with Crippen LogP contribution < -0.4 is 10.5 Å². The van der Waals surface area contributed by atoms with Gasteiger partial charge in [-0.05, 0) is 30.7 Å². The predicted octanol–water partition coefficient (Wildman–Crippen LogP) is 2.63. The highest BCUT2D eigenvalue weighted by Crippen LogP contribution is 2.16. The predicted molar refractivity (Wildman–Crippen MR) is 62.1 cm³/mol. The molecular formula is C13H15NO2. The normalized spacial score (nSPS) is 10.4. The summed E-state index contributed by atoms with van der Waals surface area (Å²) in [6.45, 7) is 2.85. The third-order valence-electron chi connectivity index (χ3n) is 2.38. The summed E-state index contributed by atoms with van der Waals surface area (Å²) in [5, 5.41) is 0. The van der Waals surface area contributed by atoms with Crippen molar-refractivity contribution in [3.05, 3.63) is 53.5 Å². The van der Waals surface area contributed by atoms with Crippen LogP contribution in [-0.4, -0.2) is 0 Å². The molecule has 0 unspecified atom stereocenters. The molecule has 2 aromatic rings. The van der Waals surface area contributed by atoms with E-state index in [-0.39, 0.29) is 0 Å². The van der Waals surface area contributed by atoms with E-state index in [2.05, 4.69) is 0 Å². The van der Waals surface area contributed by atoms with Crippen LogP contribution >= 0.6 is 0 Å². The van der Waals surface area contributed by atoms with Crippen LogP contribution in [0, 0.1) is 6.92 Å². The fourth-order valence-corrected chi connectivity index (χ4v) is 1.54. The molecule has 0 aliphatic carbocycles. The van der Waals surface area contributed by atoms with E-state index in [4.69, 9.17) is 14.9 Å². The largest absolute Gasteiger partial charge is 0.486 e. The summed E-state index contributed by atoms with van der Waals surface area (Å²) in [6.07, 6.45) is 0. The van der Waals surface area contributed by atoms with Gasteiger partial charge >= 0.3 is 0 Å². The summed E-state index contributed by atoms with van der Waals surface area (Å²) in [6, 6.07) is 11.6. The molecule has 1 heterocycles. The third kappa shape index (κ3) is 2.44. The zero-order valence-corrected chi connectivity index (χ0v) is 9.27. The molecule has 1 aromatic carbocycles. The van der Waals surface area contributed by atoms with E-state index in [9.17, 15) is 0 Å². The first-order valence-electron chi connectivity index (χ1n) is 5.25. The highest BCUT2D eigenvalue weighted by atomic mass is 16.5. The van der Waals surface area contributed by atoms with Gasteiger partial charge in [0.2, 0.25) is 0 Å². The number of hydrogen-bond donors (Lipinski definition) is 1. The first-order chi connectivity index (χ1) is 7.79. The molecule has 0 aliphatic heterocycles. The molecule has 0 atom stereocenters. The highest BCUT2D eigenvalue weighted by molar-refractivity contribution is 5.23. The lowest BCUT2D eigenvalue weighted by Gasteiger charge is -2.02. The maximum absolute atomic E-state index is 5.57. The SMILES string of the molecule is Cc1cc(COc2ccccc2)oc1CN. The average Bonchev–Trinajstić information content (AvgIpc) is 2.69. The molecule has 16 heavy (non-hydrogen) atoms. The first-order valence-corrected chi connectivity index (χ1v) is 5.25. The molecule has 3 nitrogen and oxygen atoms in total. The van der Waals surface area contributed by atoms with Gasteiger partial charge in [-0.2, -0.15) is 0 Å². The number of rotatable bonds is 4. The van der Waals surface area contributed by atoms with Gasteiger partial charge in [0.05, 0.1) is 6.54 Å². The molecule has 0 radical (unpaired) electrons. The standard InChI is InChI=1S/C13H15NO2/c1-10-7-12(16-13(10)8-14)9-15-11-5-3-2-4-6-11/h2-7H,8-9,14H2,1H3. The van der Waals surface area contributed by atoms with Gasteiger partial charge in [0.15, 0.2) is 0 Å². The van der Waals surface area contributed by atoms with Crippen molar-refractivity contribution in [2.75, 3.05) is 0 Å². The molecule has 0 spiro atoms. The second-order valence-electron chi connectivity index (χ2n) is 3.62. The number of para-hydroxylation sites is 1. The Bertz CT molecular complexity index is 448. The van der Waals surface area contributed by atoms with E-state index in [0.29, 0.717) is 13.2 Å².